The fourth-order valence-corrected chi connectivity index (χ4v) is 2.34. The van der Waals surface area contributed by atoms with Crippen LogP contribution >= 0.6 is 0 Å². The Morgan fingerprint density at radius 2 is 1.82 bits per heavy atom. The molecule has 1 rings (SSSR count). The second-order valence-corrected chi connectivity index (χ2v) is 4.70. The van der Waals surface area contributed by atoms with E-state index < -0.39 is 0 Å². The lowest BCUT2D eigenvalue weighted by Gasteiger charge is -2.28. The number of ether oxygens (including phenoxy) is 1. The van der Waals surface area contributed by atoms with Gasteiger partial charge in [-0.15, -0.1) is 0 Å². The van der Waals surface area contributed by atoms with Crippen LogP contribution in [0.3, 0.4) is 0 Å². The maximum atomic E-state index is 11.7. The largest absolute Gasteiger partial charge is 0.396 e. The van der Waals surface area contributed by atoms with Gasteiger partial charge in [-0.25, -0.2) is 0 Å². The molecule has 0 aromatic heterocycles. The number of carbonyl (C=O) groups is 1. The van der Waals surface area contributed by atoms with E-state index in [1.54, 1.807) is 4.90 Å². The summed E-state index contributed by atoms with van der Waals surface area (Å²) in [5.41, 5.74) is 0. The number of hydrogen-bond donors (Lipinski definition) is 1. The number of amides is 1. The minimum absolute atomic E-state index is 0.0827. The van der Waals surface area contributed by atoms with Crippen molar-refractivity contribution in [2.24, 2.45) is 5.92 Å². The van der Waals surface area contributed by atoms with Crippen LogP contribution in [0.15, 0.2) is 0 Å². The normalized spacial score (nSPS) is 24.6. The van der Waals surface area contributed by atoms with Gasteiger partial charge in [-0.3, -0.25) is 4.79 Å². The monoisotopic (exact) mass is 243 g/mol. The summed E-state index contributed by atoms with van der Waals surface area (Å²) >= 11 is 0. The molecule has 1 fully saturated rings. The molecular weight excluding hydrogens is 218 g/mol. The highest BCUT2D eigenvalue weighted by Gasteiger charge is 2.22. The third-order valence-electron chi connectivity index (χ3n) is 3.61. The predicted octanol–water partition coefficient (Wildman–Crippen LogP) is 1.42. The molecule has 0 bridgehead atoms. The Kier molecular flexibility index (Phi) is 6.52. The van der Waals surface area contributed by atoms with Gasteiger partial charge in [0.15, 0.2) is 0 Å². The Balaban J connectivity index is 2.21. The van der Waals surface area contributed by atoms with Gasteiger partial charge in [0.25, 0.3) is 0 Å². The van der Waals surface area contributed by atoms with Gasteiger partial charge in [0, 0.05) is 19.7 Å². The minimum atomic E-state index is 0.0827. The van der Waals surface area contributed by atoms with Crippen molar-refractivity contribution in [3.8, 4) is 0 Å². The molecule has 0 aromatic rings. The van der Waals surface area contributed by atoms with Gasteiger partial charge >= 0.3 is 0 Å². The molecule has 0 spiro atoms. The fourth-order valence-electron chi connectivity index (χ4n) is 2.34. The van der Waals surface area contributed by atoms with Crippen LogP contribution in [0.25, 0.3) is 0 Å². The van der Waals surface area contributed by atoms with Crippen LogP contribution in [0.2, 0.25) is 0 Å². The molecule has 1 saturated carbocycles. The van der Waals surface area contributed by atoms with E-state index in [0.717, 1.165) is 38.8 Å². The summed E-state index contributed by atoms with van der Waals surface area (Å²) in [6, 6.07) is 0. The highest BCUT2D eigenvalue weighted by molar-refractivity contribution is 5.77. The lowest BCUT2D eigenvalue weighted by atomic mass is 9.88. The first kappa shape index (κ1) is 14.5. The fraction of sp³-hybridized carbons (Fsp3) is 0.923. The van der Waals surface area contributed by atoms with E-state index in [2.05, 4.69) is 0 Å². The van der Waals surface area contributed by atoms with Crippen LogP contribution in [0.4, 0.5) is 0 Å². The molecule has 1 aliphatic rings. The van der Waals surface area contributed by atoms with E-state index in [4.69, 9.17) is 9.84 Å². The van der Waals surface area contributed by atoms with Crippen LogP contribution in [-0.4, -0.2) is 48.3 Å². The van der Waals surface area contributed by atoms with Crippen LogP contribution in [0.1, 0.15) is 39.5 Å². The van der Waals surface area contributed by atoms with Crippen LogP contribution in [0, 0.1) is 5.92 Å². The maximum absolute atomic E-state index is 11.7. The molecule has 0 atom stereocenters. The molecule has 4 heteroatoms. The maximum Gasteiger partial charge on any atom is 0.248 e. The standard InChI is InChI=1S/C13H25NO3/c1-3-14(4-2)13(16)10-17-12-7-5-11(9-15)6-8-12/h11-12,15H,3-10H2,1-2H3. The predicted molar refractivity (Wildman–Crippen MR) is 66.7 cm³/mol. The summed E-state index contributed by atoms with van der Waals surface area (Å²) in [5, 5.41) is 9.03. The third kappa shape index (κ3) is 4.64. The summed E-state index contributed by atoms with van der Waals surface area (Å²) in [7, 11) is 0. The van der Waals surface area contributed by atoms with Crippen LogP contribution in [0.5, 0.6) is 0 Å². The van der Waals surface area contributed by atoms with E-state index in [0.29, 0.717) is 5.92 Å². The first-order valence-corrected chi connectivity index (χ1v) is 6.71. The van der Waals surface area contributed by atoms with E-state index in [-0.39, 0.29) is 25.2 Å². The molecule has 0 heterocycles. The molecule has 1 aliphatic carbocycles. The van der Waals surface area contributed by atoms with Crippen LogP contribution in [-0.2, 0) is 9.53 Å². The number of hydrogen-bond acceptors (Lipinski definition) is 3. The SMILES string of the molecule is CCN(CC)C(=O)COC1CCC(CO)CC1. The van der Waals surface area contributed by atoms with Crippen molar-refractivity contribution >= 4 is 5.91 Å². The molecule has 4 nitrogen and oxygen atoms in total. The summed E-state index contributed by atoms with van der Waals surface area (Å²) in [6.07, 6.45) is 4.17. The average molecular weight is 243 g/mol. The van der Waals surface area contributed by atoms with Gasteiger partial charge in [0.2, 0.25) is 5.91 Å². The summed E-state index contributed by atoms with van der Waals surface area (Å²) < 4.78 is 5.65. The van der Waals surface area contributed by atoms with Crippen molar-refractivity contribution in [3.63, 3.8) is 0 Å². The van der Waals surface area contributed by atoms with Crippen molar-refractivity contribution in [2.45, 2.75) is 45.6 Å². The first-order valence-electron chi connectivity index (χ1n) is 6.71. The van der Waals surface area contributed by atoms with Crippen molar-refractivity contribution in [2.75, 3.05) is 26.3 Å². The van der Waals surface area contributed by atoms with Gasteiger partial charge in [-0.2, -0.15) is 0 Å². The Hall–Kier alpha value is -0.610. The van der Waals surface area contributed by atoms with Gasteiger partial charge < -0.3 is 14.7 Å². The molecule has 0 unspecified atom stereocenters. The first-order chi connectivity index (χ1) is 8.21. The van der Waals surface area contributed by atoms with Gasteiger partial charge in [0.1, 0.15) is 6.61 Å². The van der Waals surface area contributed by atoms with Crippen LogP contribution < -0.4 is 0 Å². The van der Waals surface area contributed by atoms with Gasteiger partial charge in [0.05, 0.1) is 6.10 Å². The molecule has 0 radical (unpaired) electrons. The highest BCUT2D eigenvalue weighted by atomic mass is 16.5. The smallest absolute Gasteiger partial charge is 0.248 e. The minimum Gasteiger partial charge on any atom is -0.396 e. The molecule has 1 amide bonds. The van der Waals surface area contributed by atoms with E-state index in [9.17, 15) is 4.79 Å². The average Bonchev–Trinajstić information content (AvgIpc) is 2.38. The van der Waals surface area contributed by atoms with Crippen molar-refractivity contribution in [3.05, 3.63) is 0 Å². The van der Waals surface area contributed by atoms with E-state index >= 15 is 0 Å². The molecule has 17 heavy (non-hydrogen) atoms. The second-order valence-electron chi connectivity index (χ2n) is 4.70. The summed E-state index contributed by atoms with van der Waals surface area (Å²) in [4.78, 5) is 13.5. The zero-order chi connectivity index (χ0) is 12.7. The Morgan fingerprint density at radius 3 is 2.29 bits per heavy atom. The number of aliphatic hydroxyl groups is 1. The molecule has 0 aromatic carbocycles. The number of aliphatic hydroxyl groups excluding tert-OH is 1. The molecule has 100 valence electrons. The lowest BCUT2D eigenvalue weighted by Crippen LogP contribution is -2.35. The Labute approximate surface area is 104 Å². The topological polar surface area (TPSA) is 49.8 Å². The molecule has 0 saturated heterocycles. The zero-order valence-corrected chi connectivity index (χ0v) is 11.0. The number of likely N-dealkylation sites (N-methyl/N-ethyl adjacent to an activating group) is 1. The van der Waals surface area contributed by atoms with Crippen molar-refractivity contribution in [1.29, 1.82) is 0 Å². The Bertz CT molecular complexity index is 221. The second kappa shape index (κ2) is 7.67. The summed E-state index contributed by atoms with van der Waals surface area (Å²) in [6.45, 7) is 5.94. The quantitative estimate of drug-likeness (QED) is 0.767. The van der Waals surface area contributed by atoms with Crippen molar-refractivity contribution < 1.29 is 14.6 Å². The third-order valence-corrected chi connectivity index (χ3v) is 3.61. The lowest BCUT2D eigenvalue weighted by molar-refractivity contribution is -0.138. The van der Waals surface area contributed by atoms with Crippen molar-refractivity contribution in [1.82, 2.24) is 4.90 Å². The summed E-state index contributed by atoms with van der Waals surface area (Å²) in [5.74, 6) is 0.521. The van der Waals surface area contributed by atoms with E-state index in [1.807, 2.05) is 13.8 Å². The van der Waals surface area contributed by atoms with Gasteiger partial charge in [-0.1, -0.05) is 0 Å². The van der Waals surface area contributed by atoms with Gasteiger partial charge in [-0.05, 0) is 45.4 Å². The number of rotatable bonds is 6. The zero-order valence-electron chi connectivity index (χ0n) is 11.0. The molecule has 0 aliphatic heterocycles. The number of carbonyl (C=O) groups excluding carboxylic acids is 1. The van der Waals surface area contributed by atoms with E-state index in [1.165, 1.54) is 0 Å². The molecular formula is C13H25NO3. The molecule has 1 N–H and O–H groups in total. The number of nitrogens with zero attached hydrogens (tertiary/aromatic N) is 1. The Morgan fingerprint density at radius 1 is 1.24 bits per heavy atom. The highest BCUT2D eigenvalue weighted by Crippen LogP contribution is 2.25.